The fourth-order valence-corrected chi connectivity index (χ4v) is 3.15. The molecule has 1 unspecified atom stereocenters. The molecule has 3 nitrogen and oxygen atoms in total. The van der Waals surface area contributed by atoms with Crippen LogP contribution in [0, 0.1) is 27.7 Å². The highest BCUT2D eigenvalue weighted by atomic mass is 16.4. The van der Waals surface area contributed by atoms with Gasteiger partial charge in [0, 0.05) is 6.04 Å². The summed E-state index contributed by atoms with van der Waals surface area (Å²) >= 11 is 0. The topological polar surface area (TPSA) is 29.3 Å². The SMILES string of the molecule is Cc1ccc(C2CCCN2Cc2nc(C)c(C)o2)cc1C. The maximum atomic E-state index is 5.75. The van der Waals surface area contributed by atoms with E-state index in [2.05, 4.69) is 41.9 Å². The Morgan fingerprint density at radius 2 is 2.00 bits per heavy atom. The number of hydrogen-bond donors (Lipinski definition) is 0. The maximum absolute atomic E-state index is 5.75. The molecule has 1 atom stereocenters. The molecule has 0 saturated carbocycles. The first-order valence-corrected chi connectivity index (χ1v) is 7.78. The molecule has 0 bridgehead atoms. The summed E-state index contributed by atoms with van der Waals surface area (Å²) in [4.78, 5) is 7.02. The molecule has 1 aliphatic rings. The fraction of sp³-hybridized carbons (Fsp3) is 0.500. The number of aromatic nitrogens is 1. The van der Waals surface area contributed by atoms with Crippen molar-refractivity contribution in [2.75, 3.05) is 6.54 Å². The first kappa shape index (κ1) is 14.3. The molecule has 21 heavy (non-hydrogen) atoms. The second kappa shape index (κ2) is 5.64. The Morgan fingerprint density at radius 1 is 1.19 bits per heavy atom. The minimum absolute atomic E-state index is 0.497. The largest absolute Gasteiger partial charge is 0.444 e. The monoisotopic (exact) mass is 284 g/mol. The summed E-state index contributed by atoms with van der Waals surface area (Å²) in [7, 11) is 0. The van der Waals surface area contributed by atoms with E-state index < -0.39 is 0 Å². The van der Waals surface area contributed by atoms with E-state index in [1.807, 2.05) is 13.8 Å². The molecule has 3 rings (SSSR count). The van der Waals surface area contributed by atoms with Gasteiger partial charge in [0.1, 0.15) is 5.76 Å². The van der Waals surface area contributed by atoms with Crippen LogP contribution in [-0.4, -0.2) is 16.4 Å². The maximum Gasteiger partial charge on any atom is 0.208 e. The van der Waals surface area contributed by atoms with Gasteiger partial charge in [-0.05, 0) is 63.8 Å². The number of rotatable bonds is 3. The number of aryl methyl sites for hydroxylation is 4. The van der Waals surface area contributed by atoms with Gasteiger partial charge in [-0.25, -0.2) is 4.98 Å². The van der Waals surface area contributed by atoms with E-state index in [0.29, 0.717) is 6.04 Å². The molecule has 1 aromatic heterocycles. The average Bonchev–Trinajstić information content (AvgIpc) is 3.01. The molecular formula is C18H24N2O. The number of hydrogen-bond acceptors (Lipinski definition) is 3. The van der Waals surface area contributed by atoms with Crippen LogP contribution < -0.4 is 0 Å². The van der Waals surface area contributed by atoms with Crippen molar-refractivity contribution in [2.45, 2.75) is 53.1 Å². The zero-order valence-corrected chi connectivity index (χ0v) is 13.4. The summed E-state index contributed by atoms with van der Waals surface area (Å²) in [6, 6.07) is 7.35. The van der Waals surface area contributed by atoms with E-state index in [4.69, 9.17) is 4.42 Å². The van der Waals surface area contributed by atoms with Crippen LogP contribution in [0.3, 0.4) is 0 Å². The molecule has 3 heteroatoms. The highest BCUT2D eigenvalue weighted by molar-refractivity contribution is 5.32. The van der Waals surface area contributed by atoms with Gasteiger partial charge in [-0.2, -0.15) is 0 Å². The van der Waals surface area contributed by atoms with Crippen LogP contribution in [0.25, 0.3) is 0 Å². The van der Waals surface area contributed by atoms with Crippen molar-refractivity contribution in [3.63, 3.8) is 0 Å². The molecule has 1 aliphatic heterocycles. The van der Waals surface area contributed by atoms with Gasteiger partial charge in [-0.3, -0.25) is 4.90 Å². The fourth-order valence-electron chi connectivity index (χ4n) is 3.15. The van der Waals surface area contributed by atoms with Crippen molar-refractivity contribution in [1.29, 1.82) is 0 Å². The van der Waals surface area contributed by atoms with Gasteiger partial charge >= 0.3 is 0 Å². The van der Waals surface area contributed by atoms with Crippen molar-refractivity contribution >= 4 is 0 Å². The molecule has 2 heterocycles. The van der Waals surface area contributed by atoms with E-state index >= 15 is 0 Å². The number of likely N-dealkylation sites (tertiary alicyclic amines) is 1. The first-order chi connectivity index (χ1) is 10.0. The van der Waals surface area contributed by atoms with Crippen molar-refractivity contribution in [1.82, 2.24) is 9.88 Å². The van der Waals surface area contributed by atoms with Gasteiger partial charge in [0.25, 0.3) is 0 Å². The van der Waals surface area contributed by atoms with E-state index in [1.165, 1.54) is 29.5 Å². The third kappa shape index (κ3) is 2.88. The van der Waals surface area contributed by atoms with Crippen molar-refractivity contribution in [3.8, 4) is 0 Å². The van der Waals surface area contributed by atoms with E-state index in [0.717, 1.165) is 30.4 Å². The summed E-state index contributed by atoms with van der Waals surface area (Å²) < 4.78 is 5.75. The third-order valence-corrected chi connectivity index (χ3v) is 4.69. The second-order valence-corrected chi connectivity index (χ2v) is 6.22. The Bertz CT molecular complexity index is 625. The summed E-state index contributed by atoms with van der Waals surface area (Å²) in [5.41, 5.74) is 5.17. The molecule has 0 aliphatic carbocycles. The van der Waals surface area contributed by atoms with Crippen LogP contribution in [0.4, 0.5) is 0 Å². The molecular weight excluding hydrogens is 260 g/mol. The highest BCUT2D eigenvalue weighted by Gasteiger charge is 2.27. The quantitative estimate of drug-likeness (QED) is 0.844. The van der Waals surface area contributed by atoms with E-state index in [9.17, 15) is 0 Å². The van der Waals surface area contributed by atoms with Gasteiger partial charge in [0.2, 0.25) is 5.89 Å². The van der Waals surface area contributed by atoms with Gasteiger partial charge < -0.3 is 4.42 Å². The Hall–Kier alpha value is -1.61. The Balaban J connectivity index is 1.80. The van der Waals surface area contributed by atoms with E-state index in [-0.39, 0.29) is 0 Å². The molecule has 1 saturated heterocycles. The predicted octanol–water partition coefficient (Wildman–Crippen LogP) is 4.25. The minimum Gasteiger partial charge on any atom is -0.444 e. The molecule has 0 radical (unpaired) electrons. The molecule has 0 spiro atoms. The van der Waals surface area contributed by atoms with Gasteiger partial charge in [-0.15, -0.1) is 0 Å². The average molecular weight is 284 g/mol. The van der Waals surface area contributed by atoms with Crippen LogP contribution in [0.1, 0.15) is 52.9 Å². The van der Waals surface area contributed by atoms with E-state index in [1.54, 1.807) is 0 Å². The minimum atomic E-state index is 0.497. The van der Waals surface area contributed by atoms with Crippen molar-refractivity contribution < 1.29 is 4.42 Å². The lowest BCUT2D eigenvalue weighted by Crippen LogP contribution is -2.23. The van der Waals surface area contributed by atoms with Crippen LogP contribution >= 0.6 is 0 Å². The predicted molar refractivity (Wildman–Crippen MR) is 84.3 cm³/mol. The normalized spacial score (nSPS) is 19.3. The van der Waals surface area contributed by atoms with Crippen LogP contribution in [0.15, 0.2) is 22.6 Å². The summed E-state index contributed by atoms with van der Waals surface area (Å²) in [6.07, 6.45) is 2.47. The summed E-state index contributed by atoms with van der Waals surface area (Å²) in [5, 5.41) is 0. The lowest BCUT2D eigenvalue weighted by Gasteiger charge is -2.24. The lowest BCUT2D eigenvalue weighted by atomic mass is 9.99. The van der Waals surface area contributed by atoms with Gasteiger partial charge in [-0.1, -0.05) is 18.2 Å². The van der Waals surface area contributed by atoms with Crippen LogP contribution in [0.5, 0.6) is 0 Å². The van der Waals surface area contributed by atoms with Crippen LogP contribution in [0.2, 0.25) is 0 Å². The summed E-state index contributed by atoms with van der Waals surface area (Å²) in [5.74, 6) is 1.78. The smallest absolute Gasteiger partial charge is 0.208 e. The molecule has 0 amide bonds. The Morgan fingerprint density at radius 3 is 2.67 bits per heavy atom. The van der Waals surface area contributed by atoms with Crippen molar-refractivity contribution in [3.05, 3.63) is 52.2 Å². The first-order valence-electron chi connectivity index (χ1n) is 7.78. The number of oxazole rings is 1. The molecule has 1 aromatic carbocycles. The van der Waals surface area contributed by atoms with Gasteiger partial charge in [0.15, 0.2) is 0 Å². The zero-order chi connectivity index (χ0) is 15.0. The van der Waals surface area contributed by atoms with Gasteiger partial charge in [0.05, 0.1) is 12.2 Å². The number of nitrogens with zero attached hydrogens (tertiary/aromatic N) is 2. The zero-order valence-electron chi connectivity index (χ0n) is 13.4. The van der Waals surface area contributed by atoms with Crippen LogP contribution in [-0.2, 0) is 6.54 Å². The summed E-state index contributed by atoms with van der Waals surface area (Å²) in [6.45, 7) is 10.3. The third-order valence-electron chi connectivity index (χ3n) is 4.69. The Kier molecular flexibility index (Phi) is 3.85. The second-order valence-electron chi connectivity index (χ2n) is 6.22. The Labute approximate surface area is 127 Å². The molecule has 112 valence electrons. The van der Waals surface area contributed by atoms with Crippen molar-refractivity contribution in [2.24, 2.45) is 0 Å². The highest BCUT2D eigenvalue weighted by Crippen LogP contribution is 2.34. The molecule has 1 fully saturated rings. The standard InChI is InChI=1S/C18H24N2O/c1-12-7-8-16(10-13(12)2)17-6-5-9-20(17)11-18-19-14(3)15(4)21-18/h7-8,10,17H,5-6,9,11H2,1-4H3. The molecule has 2 aromatic rings. The number of benzene rings is 1. The lowest BCUT2D eigenvalue weighted by molar-refractivity contribution is 0.222. The molecule has 0 N–H and O–H groups in total.